The van der Waals surface area contributed by atoms with E-state index in [1.807, 2.05) is 0 Å². The lowest BCUT2D eigenvalue weighted by Crippen LogP contribution is -2.49. The molecule has 0 aromatic carbocycles. The predicted octanol–water partition coefficient (Wildman–Crippen LogP) is 2.76. The Bertz CT molecular complexity index is 517. The lowest BCUT2D eigenvalue weighted by molar-refractivity contribution is -0.136. The molecule has 0 bridgehead atoms. The van der Waals surface area contributed by atoms with E-state index >= 15 is 0 Å². The minimum absolute atomic E-state index is 0.0408. The van der Waals surface area contributed by atoms with Crippen LogP contribution in [-0.2, 0) is 16.0 Å². The fourth-order valence-corrected chi connectivity index (χ4v) is 3.74. The Kier molecular flexibility index (Phi) is 3.86. The Morgan fingerprint density at radius 3 is 2.67 bits per heavy atom. The summed E-state index contributed by atoms with van der Waals surface area (Å²) in [6.07, 6.45) is 3.67. The van der Waals surface area contributed by atoms with Crippen molar-refractivity contribution in [2.75, 3.05) is 13.2 Å². The topological polar surface area (TPSA) is 65.2 Å². The Hall–Kier alpha value is -1.23. The van der Waals surface area contributed by atoms with Gasteiger partial charge in [0.2, 0.25) is 5.89 Å². The molecular formula is C16H24N2O3. The summed E-state index contributed by atoms with van der Waals surface area (Å²) in [4.78, 5) is 16.2. The summed E-state index contributed by atoms with van der Waals surface area (Å²) < 4.78 is 10.8. The summed E-state index contributed by atoms with van der Waals surface area (Å²) in [5, 5.41) is 4.14. The molecule has 1 saturated carbocycles. The lowest BCUT2D eigenvalue weighted by atomic mass is 9.53. The first-order valence-corrected chi connectivity index (χ1v) is 7.89. The monoisotopic (exact) mass is 292 g/mol. The number of rotatable bonds is 4. The van der Waals surface area contributed by atoms with Crippen LogP contribution in [0, 0.1) is 17.3 Å². The van der Waals surface area contributed by atoms with E-state index in [4.69, 9.17) is 9.26 Å². The van der Waals surface area contributed by atoms with E-state index < -0.39 is 0 Å². The van der Waals surface area contributed by atoms with Crippen LogP contribution in [-0.4, -0.2) is 29.1 Å². The molecule has 116 valence electrons. The van der Waals surface area contributed by atoms with Crippen LogP contribution in [0.4, 0.5) is 0 Å². The molecule has 0 unspecified atom stereocenters. The highest BCUT2D eigenvalue weighted by Crippen LogP contribution is 2.52. The van der Waals surface area contributed by atoms with Crippen molar-refractivity contribution in [3.05, 3.63) is 11.7 Å². The third-order valence-corrected chi connectivity index (χ3v) is 5.45. The lowest BCUT2D eigenvalue weighted by Gasteiger charge is -2.50. The molecule has 1 aliphatic carbocycles. The molecule has 2 fully saturated rings. The molecule has 1 saturated heterocycles. The van der Waals surface area contributed by atoms with Crippen LogP contribution in [0.1, 0.15) is 57.7 Å². The van der Waals surface area contributed by atoms with Gasteiger partial charge in [-0.25, -0.2) is 0 Å². The van der Waals surface area contributed by atoms with Gasteiger partial charge in [0.05, 0.1) is 0 Å². The van der Waals surface area contributed by atoms with Gasteiger partial charge in [0.15, 0.2) is 5.82 Å². The molecule has 1 aliphatic heterocycles. The minimum atomic E-state index is 0.0408. The third-order valence-electron chi connectivity index (χ3n) is 5.45. The molecular weight excluding hydrogens is 268 g/mol. The fraction of sp³-hybridized carbons (Fsp3) is 0.812. The SMILES string of the molecule is CC(=O)[C@@H]1C[C@H](Cc2nc(C3CCOCC3)no2)C1(C)C. The van der Waals surface area contributed by atoms with Crippen LogP contribution in [0.15, 0.2) is 4.52 Å². The van der Waals surface area contributed by atoms with Crippen LogP contribution in [0.5, 0.6) is 0 Å². The molecule has 2 aliphatic rings. The van der Waals surface area contributed by atoms with Crippen molar-refractivity contribution in [2.24, 2.45) is 17.3 Å². The largest absolute Gasteiger partial charge is 0.381 e. The summed E-state index contributed by atoms with van der Waals surface area (Å²) in [7, 11) is 0. The van der Waals surface area contributed by atoms with Crippen LogP contribution < -0.4 is 0 Å². The quantitative estimate of drug-likeness (QED) is 0.853. The minimum Gasteiger partial charge on any atom is -0.381 e. The summed E-state index contributed by atoms with van der Waals surface area (Å²) in [5.74, 6) is 2.85. The van der Waals surface area contributed by atoms with E-state index in [9.17, 15) is 4.79 Å². The van der Waals surface area contributed by atoms with E-state index in [0.29, 0.717) is 17.6 Å². The van der Waals surface area contributed by atoms with Crippen LogP contribution >= 0.6 is 0 Å². The highest BCUT2D eigenvalue weighted by Gasteiger charge is 2.50. The molecule has 0 N–H and O–H groups in total. The van der Waals surface area contributed by atoms with E-state index in [0.717, 1.165) is 50.6 Å². The summed E-state index contributed by atoms with van der Waals surface area (Å²) >= 11 is 0. The second-order valence-corrected chi connectivity index (χ2v) is 7.05. The smallest absolute Gasteiger partial charge is 0.226 e. The number of aromatic nitrogens is 2. The molecule has 2 atom stereocenters. The number of ether oxygens (including phenoxy) is 1. The summed E-state index contributed by atoms with van der Waals surface area (Å²) in [5.41, 5.74) is 0.0408. The Morgan fingerprint density at radius 1 is 1.33 bits per heavy atom. The third kappa shape index (κ3) is 2.76. The number of nitrogens with zero attached hydrogens (tertiary/aromatic N) is 2. The number of hydrogen-bond acceptors (Lipinski definition) is 5. The van der Waals surface area contributed by atoms with Gasteiger partial charge in [0.25, 0.3) is 0 Å². The van der Waals surface area contributed by atoms with Gasteiger partial charge in [-0.2, -0.15) is 4.98 Å². The zero-order valence-corrected chi connectivity index (χ0v) is 13.1. The molecule has 5 nitrogen and oxygen atoms in total. The van der Waals surface area contributed by atoms with Crippen molar-refractivity contribution in [3.8, 4) is 0 Å². The fourth-order valence-electron chi connectivity index (χ4n) is 3.74. The average molecular weight is 292 g/mol. The van der Waals surface area contributed by atoms with E-state index in [2.05, 4.69) is 24.0 Å². The highest BCUT2D eigenvalue weighted by atomic mass is 16.5. The van der Waals surface area contributed by atoms with Gasteiger partial charge in [-0.3, -0.25) is 4.79 Å². The zero-order chi connectivity index (χ0) is 15.0. The maximum Gasteiger partial charge on any atom is 0.226 e. The van der Waals surface area contributed by atoms with Gasteiger partial charge in [-0.05, 0) is 37.5 Å². The first-order chi connectivity index (χ1) is 9.98. The van der Waals surface area contributed by atoms with Crippen LogP contribution in [0.3, 0.4) is 0 Å². The molecule has 0 spiro atoms. The first-order valence-electron chi connectivity index (χ1n) is 7.89. The van der Waals surface area contributed by atoms with Gasteiger partial charge in [0.1, 0.15) is 5.78 Å². The van der Waals surface area contributed by atoms with Crippen LogP contribution in [0.2, 0.25) is 0 Å². The number of hydrogen-bond donors (Lipinski definition) is 0. The number of carbonyl (C=O) groups excluding carboxylic acids is 1. The van der Waals surface area contributed by atoms with Crippen molar-refractivity contribution >= 4 is 5.78 Å². The Balaban J connectivity index is 1.62. The van der Waals surface area contributed by atoms with Crippen LogP contribution in [0.25, 0.3) is 0 Å². The van der Waals surface area contributed by atoms with E-state index in [1.165, 1.54) is 0 Å². The molecule has 3 rings (SSSR count). The number of ketones is 1. The molecule has 0 radical (unpaired) electrons. The second-order valence-electron chi connectivity index (χ2n) is 7.05. The van der Waals surface area contributed by atoms with Crippen molar-refractivity contribution in [2.45, 2.75) is 52.4 Å². The van der Waals surface area contributed by atoms with E-state index in [-0.39, 0.29) is 11.3 Å². The Morgan fingerprint density at radius 2 is 2.05 bits per heavy atom. The predicted molar refractivity (Wildman–Crippen MR) is 76.9 cm³/mol. The molecule has 1 aromatic heterocycles. The van der Waals surface area contributed by atoms with Crippen molar-refractivity contribution in [1.82, 2.24) is 10.1 Å². The van der Waals surface area contributed by atoms with Crippen molar-refractivity contribution in [3.63, 3.8) is 0 Å². The maximum atomic E-state index is 11.6. The summed E-state index contributed by atoms with van der Waals surface area (Å²) in [6, 6.07) is 0. The molecule has 21 heavy (non-hydrogen) atoms. The van der Waals surface area contributed by atoms with Gasteiger partial charge in [-0.1, -0.05) is 19.0 Å². The zero-order valence-electron chi connectivity index (χ0n) is 13.1. The average Bonchev–Trinajstić information content (AvgIpc) is 2.92. The maximum absolute atomic E-state index is 11.6. The van der Waals surface area contributed by atoms with E-state index in [1.54, 1.807) is 6.92 Å². The standard InChI is InChI=1S/C16H24N2O3/c1-10(19)13-8-12(16(13,2)3)9-14-17-15(18-21-14)11-4-6-20-7-5-11/h11-13H,4-9H2,1-3H3/t12-,13+/m1/s1. The molecule has 5 heteroatoms. The normalized spacial score (nSPS) is 29.1. The van der Waals surface area contributed by atoms with Crippen molar-refractivity contribution in [1.29, 1.82) is 0 Å². The van der Waals surface area contributed by atoms with Gasteiger partial charge < -0.3 is 9.26 Å². The second kappa shape index (κ2) is 5.52. The van der Waals surface area contributed by atoms with Gasteiger partial charge in [-0.15, -0.1) is 0 Å². The molecule has 1 aromatic rings. The molecule has 2 heterocycles. The Labute approximate surface area is 125 Å². The molecule has 0 amide bonds. The number of Topliss-reactive ketones (excluding diaryl/α,β-unsaturated/α-hetero) is 1. The van der Waals surface area contributed by atoms with Gasteiger partial charge in [0, 0.05) is 31.5 Å². The summed E-state index contributed by atoms with van der Waals surface area (Å²) in [6.45, 7) is 7.60. The first kappa shape index (κ1) is 14.7. The highest BCUT2D eigenvalue weighted by molar-refractivity contribution is 5.80. The van der Waals surface area contributed by atoms with Gasteiger partial charge >= 0.3 is 0 Å². The van der Waals surface area contributed by atoms with Crippen molar-refractivity contribution < 1.29 is 14.1 Å². The number of carbonyl (C=O) groups is 1.